The van der Waals surface area contributed by atoms with Crippen molar-refractivity contribution < 1.29 is 27.8 Å². The second kappa shape index (κ2) is 10.6. The van der Waals surface area contributed by atoms with Crippen molar-refractivity contribution in [3.05, 3.63) is 97.5 Å². The first-order chi connectivity index (χ1) is 16.4. The number of amides is 2. The predicted octanol–water partition coefficient (Wildman–Crippen LogP) is 6.39. The standard InChI is InChI=1S/C25H18F2INO4S/c1-32-21-11-15(10-20(28)23(21)33-14-17-7-3-5-9-19(17)27)12-22-24(30)29(25(31)34-22)13-16-6-2-4-8-18(16)26/h2-12H,13-14H2,1H3/b22-12-. The summed E-state index contributed by atoms with van der Waals surface area (Å²) in [6.07, 6.45) is 1.58. The highest BCUT2D eigenvalue weighted by Crippen LogP contribution is 2.38. The van der Waals surface area contributed by atoms with Gasteiger partial charge in [0.2, 0.25) is 0 Å². The van der Waals surface area contributed by atoms with Gasteiger partial charge in [-0.15, -0.1) is 0 Å². The highest BCUT2D eigenvalue weighted by Gasteiger charge is 2.35. The van der Waals surface area contributed by atoms with Crippen molar-refractivity contribution in [1.82, 2.24) is 4.90 Å². The van der Waals surface area contributed by atoms with Gasteiger partial charge in [0, 0.05) is 11.1 Å². The van der Waals surface area contributed by atoms with E-state index in [1.54, 1.807) is 48.5 Å². The molecule has 1 saturated heterocycles. The number of carbonyl (C=O) groups is 2. The lowest BCUT2D eigenvalue weighted by Gasteiger charge is -2.14. The Morgan fingerprint density at radius 3 is 2.29 bits per heavy atom. The van der Waals surface area contributed by atoms with E-state index in [1.807, 2.05) is 0 Å². The van der Waals surface area contributed by atoms with Crippen LogP contribution in [0, 0.1) is 15.2 Å². The van der Waals surface area contributed by atoms with Gasteiger partial charge in [-0.25, -0.2) is 8.78 Å². The molecule has 3 aromatic carbocycles. The molecule has 2 amide bonds. The molecule has 0 spiro atoms. The Morgan fingerprint density at radius 2 is 1.65 bits per heavy atom. The summed E-state index contributed by atoms with van der Waals surface area (Å²) in [6, 6.07) is 15.8. The first kappa shape index (κ1) is 24.2. The average molecular weight is 593 g/mol. The molecule has 0 saturated carbocycles. The van der Waals surface area contributed by atoms with Crippen molar-refractivity contribution in [2.75, 3.05) is 7.11 Å². The molecule has 0 radical (unpaired) electrons. The van der Waals surface area contributed by atoms with Crippen molar-refractivity contribution in [2.24, 2.45) is 0 Å². The minimum atomic E-state index is -0.493. The maximum atomic E-state index is 14.0. The molecule has 4 rings (SSSR count). The minimum Gasteiger partial charge on any atom is -0.493 e. The van der Waals surface area contributed by atoms with Gasteiger partial charge in [-0.2, -0.15) is 0 Å². The third-order valence-electron chi connectivity index (χ3n) is 5.04. The molecular formula is C25H18F2INO4S. The van der Waals surface area contributed by atoms with E-state index in [4.69, 9.17) is 9.47 Å². The van der Waals surface area contributed by atoms with Gasteiger partial charge in [0.25, 0.3) is 11.1 Å². The van der Waals surface area contributed by atoms with Gasteiger partial charge in [0.15, 0.2) is 11.5 Å². The van der Waals surface area contributed by atoms with E-state index in [2.05, 4.69) is 22.6 Å². The van der Waals surface area contributed by atoms with Crippen molar-refractivity contribution in [3.63, 3.8) is 0 Å². The number of carbonyl (C=O) groups excluding carboxylic acids is 2. The van der Waals surface area contributed by atoms with Crippen LogP contribution >= 0.6 is 34.4 Å². The summed E-state index contributed by atoms with van der Waals surface area (Å²) in [5.41, 5.74) is 1.29. The number of hydrogen-bond donors (Lipinski definition) is 0. The normalized spacial score (nSPS) is 14.7. The van der Waals surface area contributed by atoms with Crippen LogP contribution in [-0.2, 0) is 17.9 Å². The third kappa shape index (κ3) is 5.25. The number of methoxy groups -OCH3 is 1. The number of imide groups is 1. The predicted molar refractivity (Wildman–Crippen MR) is 134 cm³/mol. The summed E-state index contributed by atoms with van der Waals surface area (Å²) < 4.78 is 39.9. The van der Waals surface area contributed by atoms with Crippen LogP contribution in [0.3, 0.4) is 0 Å². The van der Waals surface area contributed by atoms with E-state index in [0.29, 0.717) is 26.2 Å². The fourth-order valence-electron chi connectivity index (χ4n) is 3.31. The van der Waals surface area contributed by atoms with Crippen LogP contribution in [0.5, 0.6) is 11.5 Å². The van der Waals surface area contributed by atoms with Gasteiger partial charge in [0.1, 0.15) is 18.2 Å². The topological polar surface area (TPSA) is 55.8 Å². The number of benzene rings is 3. The monoisotopic (exact) mass is 593 g/mol. The number of ether oxygens (including phenoxy) is 2. The van der Waals surface area contributed by atoms with Crippen LogP contribution in [0.15, 0.2) is 65.6 Å². The van der Waals surface area contributed by atoms with Crippen molar-refractivity contribution in [1.29, 1.82) is 0 Å². The summed E-state index contributed by atoms with van der Waals surface area (Å²) in [5, 5.41) is -0.467. The molecule has 34 heavy (non-hydrogen) atoms. The minimum absolute atomic E-state index is 0.0211. The summed E-state index contributed by atoms with van der Waals surface area (Å²) in [6.45, 7) is -0.119. The molecule has 0 unspecified atom stereocenters. The molecule has 1 aliphatic heterocycles. The van der Waals surface area contributed by atoms with Gasteiger partial charge in [-0.3, -0.25) is 14.5 Å². The molecular weight excluding hydrogens is 575 g/mol. The smallest absolute Gasteiger partial charge is 0.293 e. The molecule has 9 heteroatoms. The number of thioether (sulfide) groups is 1. The average Bonchev–Trinajstić information content (AvgIpc) is 3.07. The highest BCUT2D eigenvalue weighted by molar-refractivity contribution is 14.1. The second-order valence-electron chi connectivity index (χ2n) is 7.27. The number of nitrogens with zero attached hydrogens (tertiary/aromatic N) is 1. The van der Waals surface area contributed by atoms with Gasteiger partial charge < -0.3 is 9.47 Å². The van der Waals surface area contributed by atoms with Crippen LogP contribution < -0.4 is 9.47 Å². The van der Waals surface area contributed by atoms with Crippen LogP contribution in [-0.4, -0.2) is 23.2 Å². The SMILES string of the molecule is COc1cc(/C=C2\SC(=O)N(Cc3ccccc3F)C2=O)cc(I)c1OCc1ccccc1F. The quantitative estimate of drug-likeness (QED) is 0.235. The molecule has 0 N–H and O–H groups in total. The molecule has 5 nitrogen and oxygen atoms in total. The summed E-state index contributed by atoms with van der Waals surface area (Å²) in [7, 11) is 1.48. The largest absolute Gasteiger partial charge is 0.493 e. The highest BCUT2D eigenvalue weighted by atomic mass is 127. The molecule has 1 fully saturated rings. The molecule has 0 atom stereocenters. The van der Waals surface area contributed by atoms with Crippen LogP contribution in [0.1, 0.15) is 16.7 Å². The van der Waals surface area contributed by atoms with Gasteiger partial charge in [0.05, 0.1) is 22.1 Å². The first-order valence-corrected chi connectivity index (χ1v) is 12.0. The fraction of sp³-hybridized carbons (Fsp3) is 0.120. The Morgan fingerprint density at radius 1 is 1.00 bits per heavy atom. The van der Waals surface area contributed by atoms with Crippen LogP contribution in [0.4, 0.5) is 13.6 Å². The Labute approximate surface area is 212 Å². The molecule has 1 heterocycles. The second-order valence-corrected chi connectivity index (χ2v) is 9.43. The van der Waals surface area contributed by atoms with Crippen molar-refractivity contribution in [3.8, 4) is 11.5 Å². The van der Waals surface area contributed by atoms with Gasteiger partial charge >= 0.3 is 0 Å². The summed E-state index contributed by atoms with van der Waals surface area (Å²) in [4.78, 5) is 26.5. The third-order valence-corrected chi connectivity index (χ3v) is 6.75. The van der Waals surface area contributed by atoms with E-state index in [-0.39, 0.29) is 29.4 Å². The Kier molecular flexibility index (Phi) is 7.52. The van der Waals surface area contributed by atoms with E-state index >= 15 is 0 Å². The molecule has 0 bridgehead atoms. The lowest BCUT2D eigenvalue weighted by Crippen LogP contribution is -2.27. The Hall–Kier alpha value is -2.92. The summed E-state index contributed by atoms with van der Waals surface area (Å²) in [5.74, 6) is -0.488. The molecule has 1 aliphatic rings. The number of halogens is 3. The Bertz CT molecular complexity index is 1300. The van der Waals surface area contributed by atoms with E-state index in [9.17, 15) is 18.4 Å². The van der Waals surface area contributed by atoms with E-state index in [1.165, 1.54) is 25.3 Å². The molecule has 174 valence electrons. The van der Waals surface area contributed by atoms with Crippen LogP contribution in [0.2, 0.25) is 0 Å². The van der Waals surface area contributed by atoms with Crippen LogP contribution in [0.25, 0.3) is 6.08 Å². The zero-order chi connectivity index (χ0) is 24.2. The van der Waals surface area contributed by atoms with Gasteiger partial charge in [-0.05, 0) is 70.3 Å². The zero-order valence-electron chi connectivity index (χ0n) is 17.9. The summed E-state index contributed by atoms with van der Waals surface area (Å²) >= 11 is 2.86. The van der Waals surface area contributed by atoms with Crippen molar-refractivity contribution in [2.45, 2.75) is 13.2 Å². The zero-order valence-corrected chi connectivity index (χ0v) is 20.9. The molecule has 0 aromatic heterocycles. The maximum Gasteiger partial charge on any atom is 0.293 e. The maximum absolute atomic E-state index is 14.0. The number of hydrogen-bond acceptors (Lipinski definition) is 5. The van der Waals surface area contributed by atoms with E-state index < -0.39 is 17.0 Å². The Balaban J connectivity index is 1.55. The lowest BCUT2D eigenvalue weighted by molar-refractivity contribution is -0.123. The van der Waals surface area contributed by atoms with Gasteiger partial charge in [-0.1, -0.05) is 36.4 Å². The fourth-order valence-corrected chi connectivity index (χ4v) is 4.93. The first-order valence-electron chi connectivity index (χ1n) is 10.1. The number of rotatable bonds is 7. The lowest BCUT2D eigenvalue weighted by atomic mass is 10.1. The molecule has 3 aromatic rings. The van der Waals surface area contributed by atoms with Crippen molar-refractivity contribution >= 4 is 51.6 Å². The molecule has 0 aliphatic carbocycles. The van der Waals surface area contributed by atoms with E-state index in [0.717, 1.165) is 16.7 Å².